The van der Waals surface area contributed by atoms with Crippen LogP contribution in [0.3, 0.4) is 0 Å². The molecule has 0 aliphatic rings. The summed E-state index contributed by atoms with van der Waals surface area (Å²) < 4.78 is 187. The van der Waals surface area contributed by atoms with Crippen molar-refractivity contribution in [2.24, 2.45) is 0 Å². The zero-order valence-corrected chi connectivity index (χ0v) is 52.8. The summed E-state index contributed by atoms with van der Waals surface area (Å²) in [7, 11) is 0. The van der Waals surface area contributed by atoms with E-state index in [9.17, 15) is 36.9 Å². The molecule has 0 spiro atoms. The van der Waals surface area contributed by atoms with Crippen LogP contribution in [0.25, 0.3) is 132 Å². The Balaban J connectivity index is 0.886. The predicted octanol–water partition coefficient (Wildman–Crippen LogP) is 23.7. The van der Waals surface area contributed by atoms with Gasteiger partial charge in [-0.3, -0.25) is 0 Å². The van der Waals surface area contributed by atoms with Crippen molar-refractivity contribution < 1.29 is 52.7 Å². The molecule has 0 atom stereocenters. The lowest BCUT2D eigenvalue weighted by Crippen LogP contribution is -2.13. The number of fused-ring (bicyclic) bond motifs is 12. The zero-order valence-electron chi connectivity index (χ0n) is 52.8. The Labute approximate surface area is 560 Å². The van der Waals surface area contributed by atoms with Crippen LogP contribution < -0.4 is 0 Å². The first kappa shape index (κ1) is 62.8. The van der Waals surface area contributed by atoms with Gasteiger partial charge in [-0.1, -0.05) is 115 Å². The second-order valence-corrected chi connectivity index (χ2v) is 25.3. The zero-order chi connectivity index (χ0) is 69.8. The molecule has 16 aromatic rings. The molecule has 6 nitrogen and oxygen atoms in total. The number of nitrogens with zero attached hydrogens (tertiary/aromatic N) is 6. The fraction of sp³-hybridized carbons (Fsp3) is 0.0976. The van der Waals surface area contributed by atoms with Crippen LogP contribution in [-0.2, 0) is 31.1 Å². The molecule has 0 unspecified atom stereocenters. The molecule has 0 fully saturated rings. The van der Waals surface area contributed by atoms with Crippen LogP contribution in [0.4, 0.5) is 52.7 Å². The Morgan fingerprint density at radius 1 is 0.300 bits per heavy atom. The fourth-order valence-electron chi connectivity index (χ4n) is 14.8. The maximum atomic E-state index is 15.6. The molecule has 4 heterocycles. The molecule has 0 saturated carbocycles. The quantitative estimate of drug-likeness (QED) is 0.142. The number of alkyl halides is 12. The standard InChI is InChI=1S/C82H48F12N6/c1-44-21-28-71-60(30-44)56-13-5-9-17-68(56)97(71)73-40-63(53-26-23-51(79(83,84)85)38-65(53)81(89,90)91)77(36-49(73)42-95)98-69-18-10-6-14-57(69)61-34-47(22-29-72(61)98)33-48-35-62-58-15-7-11-19-70(58)100(76(62)32-46(48)3)78-37-50(43-96)74(99-67-16-8-4-12-55(67)59-25-20-45(2)31-75(59)99)41-64(78)54-27-24-52(80(86,87)88)39-66(54)82(92,93)94/h4-32,34-41H,33H2,1-3H3. The van der Waals surface area contributed by atoms with Crippen molar-refractivity contribution in [1.29, 1.82) is 10.5 Å². The monoisotopic (exact) mass is 1340 g/mol. The van der Waals surface area contributed by atoms with Gasteiger partial charge in [-0.05, 0) is 176 Å². The van der Waals surface area contributed by atoms with Crippen LogP contribution >= 0.6 is 0 Å². The summed E-state index contributed by atoms with van der Waals surface area (Å²) in [6, 6.07) is 63.5. The van der Waals surface area contributed by atoms with Crippen LogP contribution in [0.5, 0.6) is 0 Å². The van der Waals surface area contributed by atoms with Gasteiger partial charge in [0.2, 0.25) is 0 Å². The minimum Gasteiger partial charge on any atom is -0.309 e. The first-order valence-corrected chi connectivity index (χ1v) is 31.6. The van der Waals surface area contributed by atoms with Gasteiger partial charge < -0.3 is 18.3 Å². The molecule has 16 rings (SSSR count). The van der Waals surface area contributed by atoms with E-state index < -0.39 is 58.1 Å². The highest BCUT2D eigenvalue weighted by molar-refractivity contribution is 6.14. The highest BCUT2D eigenvalue weighted by Gasteiger charge is 2.41. The van der Waals surface area contributed by atoms with E-state index in [0.29, 0.717) is 83.4 Å². The van der Waals surface area contributed by atoms with Crippen molar-refractivity contribution in [3.8, 4) is 57.1 Å². The Morgan fingerprint density at radius 2 is 0.670 bits per heavy atom. The van der Waals surface area contributed by atoms with E-state index in [4.69, 9.17) is 0 Å². The maximum absolute atomic E-state index is 15.6. The molecule has 490 valence electrons. The number of hydrogen-bond donors (Lipinski definition) is 0. The molecule has 12 aromatic carbocycles. The van der Waals surface area contributed by atoms with Gasteiger partial charge in [0.1, 0.15) is 12.1 Å². The molecule has 0 amide bonds. The largest absolute Gasteiger partial charge is 0.417 e. The second kappa shape index (κ2) is 22.5. The number of para-hydroxylation sites is 4. The Hall–Kier alpha value is -12.0. The van der Waals surface area contributed by atoms with Crippen molar-refractivity contribution in [2.45, 2.75) is 51.9 Å². The minimum absolute atomic E-state index is 0.0519. The van der Waals surface area contributed by atoms with E-state index in [1.54, 1.807) is 72.9 Å². The third-order valence-corrected chi connectivity index (χ3v) is 19.2. The first-order chi connectivity index (χ1) is 47.8. The maximum Gasteiger partial charge on any atom is 0.417 e. The molecule has 0 bridgehead atoms. The molecule has 4 aromatic heterocycles. The number of halogens is 12. The molecule has 0 aliphatic carbocycles. The lowest BCUT2D eigenvalue weighted by Gasteiger charge is -2.22. The molecule has 100 heavy (non-hydrogen) atoms. The van der Waals surface area contributed by atoms with Gasteiger partial charge in [0, 0.05) is 54.2 Å². The van der Waals surface area contributed by atoms with E-state index in [2.05, 4.69) is 12.1 Å². The molecule has 0 aliphatic heterocycles. The van der Waals surface area contributed by atoms with E-state index in [0.717, 1.165) is 55.9 Å². The van der Waals surface area contributed by atoms with Gasteiger partial charge in [-0.25, -0.2) is 0 Å². The van der Waals surface area contributed by atoms with Crippen LogP contribution in [0.1, 0.15) is 61.2 Å². The van der Waals surface area contributed by atoms with Crippen molar-refractivity contribution in [3.63, 3.8) is 0 Å². The van der Waals surface area contributed by atoms with Crippen molar-refractivity contribution >= 4 is 87.2 Å². The average molecular weight is 1350 g/mol. The Bertz CT molecular complexity index is 6270. The van der Waals surface area contributed by atoms with E-state index >= 15 is 26.3 Å². The predicted molar refractivity (Wildman–Crippen MR) is 368 cm³/mol. The van der Waals surface area contributed by atoms with E-state index in [1.807, 2.05) is 130 Å². The van der Waals surface area contributed by atoms with Gasteiger partial charge in [-0.2, -0.15) is 63.2 Å². The van der Waals surface area contributed by atoms with Crippen LogP contribution in [0.15, 0.2) is 224 Å². The topological polar surface area (TPSA) is 67.3 Å². The summed E-state index contributed by atoms with van der Waals surface area (Å²) in [6.45, 7) is 5.66. The lowest BCUT2D eigenvalue weighted by molar-refractivity contribution is -0.144. The number of aromatic nitrogens is 4. The van der Waals surface area contributed by atoms with Gasteiger partial charge in [-0.15, -0.1) is 0 Å². The van der Waals surface area contributed by atoms with Crippen molar-refractivity contribution in [3.05, 3.63) is 286 Å². The number of hydrogen-bond acceptors (Lipinski definition) is 2. The summed E-state index contributed by atoms with van der Waals surface area (Å²) in [6.07, 6.45) is -20.6. The summed E-state index contributed by atoms with van der Waals surface area (Å²) >= 11 is 0. The van der Waals surface area contributed by atoms with Crippen LogP contribution in [0, 0.1) is 43.4 Å². The summed E-state index contributed by atoms with van der Waals surface area (Å²) in [5, 5.41) is 28.2. The second-order valence-electron chi connectivity index (χ2n) is 25.3. The summed E-state index contributed by atoms with van der Waals surface area (Å²) in [5.41, 5.74) is 1.79. The smallest absolute Gasteiger partial charge is 0.309 e. The number of benzene rings is 12. The first-order valence-electron chi connectivity index (χ1n) is 31.6. The number of aryl methyl sites for hydroxylation is 3. The normalized spacial score (nSPS) is 12.6. The highest BCUT2D eigenvalue weighted by atomic mass is 19.4. The van der Waals surface area contributed by atoms with E-state index in [-0.39, 0.29) is 63.6 Å². The molecular formula is C82H48F12N6. The molecule has 0 N–H and O–H groups in total. The van der Waals surface area contributed by atoms with Gasteiger partial charge >= 0.3 is 24.7 Å². The average Bonchev–Trinajstić information content (AvgIpc) is 1.53. The SMILES string of the molecule is Cc1ccc2c(c1)c1ccccc1n2-c1cc(-c2ccc(C(F)(F)F)cc2C(F)(F)F)c(-n2c3ccccc3c3cc(Cc4cc5c6ccccc6n(-c6cc(C#N)c(-n7c8ccccc8c8ccc(C)cc87)cc6-c6ccc(C(F)(F)F)cc6C(F)(F)F)c5cc4C)ccc32)cc1C#N. The molecule has 0 radical (unpaired) electrons. The molecule has 0 saturated heterocycles. The lowest BCUT2D eigenvalue weighted by atomic mass is 9.93. The van der Waals surface area contributed by atoms with Gasteiger partial charge in [0.25, 0.3) is 0 Å². The highest BCUT2D eigenvalue weighted by Crippen LogP contribution is 2.50. The van der Waals surface area contributed by atoms with E-state index in [1.165, 1.54) is 24.3 Å². The Kier molecular flexibility index (Phi) is 14.1. The van der Waals surface area contributed by atoms with Crippen LogP contribution in [-0.4, -0.2) is 18.3 Å². The summed E-state index contributed by atoms with van der Waals surface area (Å²) in [5.74, 6) is 0. The summed E-state index contributed by atoms with van der Waals surface area (Å²) in [4.78, 5) is 0. The minimum atomic E-state index is -5.30. The number of rotatable bonds is 8. The van der Waals surface area contributed by atoms with Gasteiger partial charge in [0.05, 0.1) is 100 Å². The van der Waals surface area contributed by atoms with Gasteiger partial charge in [0.15, 0.2) is 0 Å². The van der Waals surface area contributed by atoms with Crippen LogP contribution in [0.2, 0.25) is 0 Å². The molecule has 18 heteroatoms. The number of nitriles is 2. The molecular weight excluding hydrogens is 1300 g/mol. The van der Waals surface area contributed by atoms with Crippen molar-refractivity contribution in [2.75, 3.05) is 0 Å². The third kappa shape index (κ3) is 10.0. The third-order valence-electron chi connectivity index (χ3n) is 19.2. The fourth-order valence-corrected chi connectivity index (χ4v) is 14.8. The van der Waals surface area contributed by atoms with Crippen molar-refractivity contribution in [1.82, 2.24) is 18.3 Å². The Morgan fingerprint density at radius 3 is 1.14 bits per heavy atom.